The number of carbonyl (C=O) groups excluding carboxylic acids is 3. The zero-order valence-corrected chi connectivity index (χ0v) is 20.7. The molecule has 0 spiro atoms. The molecule has 0 saturated heterocycles. The number of nitrogens with one attached hydrogen (secondary N) is 3. The Morgan fingerprint density at radius 2 is 1.42 bits per heavy atom. The third-order valence-electron chi connectivity index (χ3n) is 4.82. The molecule has 4 unspecified atom stereocenters. The zero-order valence-electron chi connectivity index (χ0n) is 19.9. The van der Waals surface area contributed by atoms with Crippen molar-refractivity contribution in [2.45, 2.75) is 77.5 Å². The minimum absolute atomic E-state index is 0.0384. The summed E-state index contributed by atoms with van der Waals surface area (Å²) in [5.41, 5.74) is 5.72. The lowest BCUT2D eigenvalue weighted by Crippen LogP contribution is -2.58. The van der Waals surface area contributed by atoms with Gasteiger partial charge in [0.15, 0.2) is 0 Å². The Labute approximate surface area is 199 Å². The van der Waals surface area contributed by atoms with Gasteiger partial charge in [-0.05, 0) is 43.1 Å². The van der Waals surface area contributed by atoms with Gasteiger partial charge in [0.05, 0.1) is 6.04 Å². The highest BCUT2D eigenvalue weighted by atomic mass is 32.2. The van der Waals surface area contributed by atoms with Crippen LogP contribution in [0.25, 0.3) is 0 Å². The fourth-order valence-corrected chi connectivity index (χ4v) is 3.41. The number of aliphatic carboxylic acids is 2. The molecule has 0 fully saturated rings. The third kappa shape index (κ3) is 12.5. The Morgan fingerprint density at radius 3 is 1.88 bits per heavy atom. The number of rotatable bonds is 16. The summed E-state index contributed by atoms with van der Waals surface area (Å²) in [4.78, 5) is 60.2. The van der Waals surface area contributed by atoms with Crippen molar-refractivity contribution < 1.29 is 34.2 Å². The van der Waals surface area contributed by atoms with Gasteiger partial charge in [0.1, 0.15) is 18.1 Å². The Balaban J connectivity index is 5.35. The maximum absolute atomic E-state index is 12.9. The van der Waals surface area contributed by atoms with Gasteiger partial charge in [-0.25, -0.2) is 4.79 Å². The van der Waals surface area contributed by atoms with Crippen LogP contribution in [-0.4, -0.2) is 76.0 Å². The summed E-state index contributed by atoms with van der Waals surface area (Å²) in [7, 11) is 0. The SMILES string of the molecule is CSCCC(NC(=O)C(NC(=O)C(N)CCC(=O)O)C(C)C)C(=O)NC(CC(C)C)C(=O)O. The average Bonchev–Trinajstić information content (AvgIpc) is 2.71. The fourth-order valence-electron chi connectivity index (χ4n) is 2.94. The monoisotopic (exact) mass is 490 g/mol. The van der Waals surface area contributed by atoms with Gasteiger partial charge in [-0.1, -0.05) is 27.7 Å². The van der Waals surface area contributed by atoms with Crippen molar-refractivity contribution in [3.05, 3.63) is 0 Å². The molecule has 0 aliphatic rings. The van der Waals surface area contributed by atoms with Crippen LogP contribution in [0.2, 0.25) is 0 Å². The van der Waals surface area contributed by atoms with Crippen molar-refractivity contribution in [1.82, 2.24) is 16.0 Å². The second kappa shape index (κ2) is 15.5. The molecular weight excluding hydrogens is 452 g/mol. The van der Waals surface area contributed by atoms with Crippen LogP contribution in [-0.2, 0) is 24.0 Å². The normalized spacial score (nSPS) is 14.8. The van der Waals surface area contributed by atoms with Crippen LogP contribution in [0.1, 0.15) is 53.4 Å². The Hall–Kier alpha value is -2.34. The molecule has 7 N–H and O–H groups in total. The predicted octanol–water partition coefficient (Wildman–Crippen LogP) is 0.173. The second-order valence-electron chi connectivity index (χ2n) is 8.64. The molecule has 0 aromatic rings. The highest BCUT2D eigenvalue weighted by Gasteiger charge is 2.31. The van der Waals surface area contributed by atoms with E-state index in [2.05, 4.69) is 16.0 Å². The highest BCUT2D eigenvalue weighted by molar-refractivity contribution is 7.98. The maximum atomic E-state index is 12.9. The molecule has 11 nitrogen and oxygen atoms in total. The molecule has 0 bridgehead atoms. The number of carbonyl (C=O) groups is 5. The van der Waals surface area contributed by atoms with Gasteiger partial charge in [-0.3, -0.25) is 19.2 Å². The average molecular weight is 491 g/mol. The van der Waals surface area contributed by atoms with Crippen molar-refractivity contribution in [3.8, 4) is 0 Å². The van der Waals surface area contributed by atoms with Gasteiger partial charge in [0.2, 0.25) is 17.7 Å². The number of amides is 3. The summed E-state index contributed by atoms with van der Waals surface area (Å²) in [6.07, 6.45) is 1.97. The predicted molar refractivity (Wildman–Crippen MR) is 126 cm³/mol. The maximum Gasteiger partial charge on any atom is 0.326 e. The number of hydrogen-bond acceptors (Lipinski definition) is 7. The summed E-state index contributed by atoms with van der Waals surface area (Å²) in [6.45, 7) is 7.08. The molecule has 0 aliphatic heterocycles. The quantitative estimate of drug-likeness (QED) is 0.175. The minimum Gasteiger partial charge on any atom is -0.481 e. The summed E-state index contributed by atoms with van der Waals surface area (Å²) >= 11 is 1.47. The van der Waals surface area contributed by atoms with E-state index in [-0.39, 0.29) is 37.5 Å². The highest BCUT2D eigenvalue weighted by Crippen LogP contribution is 2.09. The van der Waals surface area contributed by atoms with E-state index in [9.17, 15) is 29.1 Å². The molecule has 33 heavy (non-hydrogen) atoms. The molecule has 3 amide bonds. The van der Waals surface area contributed by atoms with Crippen LogP contribution < -0.4 is 21.7 Å². The van der Waals surface area contributed by atoms with Gasteiger partial charge in [0, 0.05) is 6.42 Å². The number of thioether (sulfide) groups is 1. The smallest absolute Gasteiger partial charge is 0.326 e. The van der Waals surface area contributed by atoms with Gasteiger partial charge >= 0.3 is 11.9 Å². The van der Waals surface area contributed by atoms with Crippen LogP contribution in [0, 0.1) is 11.8 Å². The van der Waals surface area contributed by atoms with Gasteiger partial charge in [0.25, 0.3) is 0 Å². The largest absolute Gasteiger partial charge is 0.481 e. The standard InChI is InChI=1S/C21H38N4O7S/c1-11(2)10-15(21(31)32)24-19(29)14(8-9-33-5)23-20(30)17(12(3)4)25-18(28)13(22)6-7-16(26)27/h11-15,17H,6-10,22H2,1-5H3,(H,23,30)(H,24,29)(H,25,28)(H,26,27)(H,31,32). The molecule has 0 aromatic heterocycles. The Morgan fingerprint density at radius 1 is 0.848 bits per heavy atom. The van der Waals surface area contributed by atoms with Crippen molar-refractivity contribution in [2.24, 2.45) is 17.6 Å². The van der Waals surface area contributed by atoms with Crippen molar-refractivity contribution in [3.63, 3.8) is 0 Å². The Kier molecular flexibility index (Phi) is 14.4. The number of hydrogen-bond donors (Lipinski definition) is 6. The first-order valence-corrected chi connectivity index (χ1v) is 12.3. The van der Waals surface area contributed by atoms with Gasteiger partial charge < -0.3 is 31.9 Å². The number of carboxylic acid groups (broad SMARTS) is 2. The van der Waals surface area contributed by atoms with E-state index < -0.39 is 53.8 Å². The number of carboxylic acids is 2. The summed E-state index contributed by atoms with van der Waals surface area (Å²) in [6, 6.07) is -4.18. The lowest BCUT2D eigenvalue weighted by atomic mass is 10.0. The summed E-state index contributed by atoms with van der Waals surface area (Å²) in [5, 5.41) is 25.8. The van der Waals surface area contributed by atoms with E-state index in [1.54, 1.807) is 13.8 Å². The minimum atomic E-state index is -1.16. The lowest BCUT2D eigenvalue weighted by molar-refractivity contribution is -0.143. The first-order chi connectivity index (χ1) is 15.3. The van der Waals surface area contributed by atoms with E-state index in [1.807, 2.05) is 20.1 Å². The third-order valence-corrected chi connectivity index (χ3v) is 5.46. The van der Waals surface area contributed by atoms with E-state index in [4.69, 9.17) is 10.8 Å². The molecule has 12 heteroatoms. The summed E-state index contributed by atoms with van der Waals surface area (Å²) < 4.78 is 0. The molecular formula is C21H38N4O7S. The Bertz CT molecular complexity index is 688. The van der Waals surface area contributed by atoms with E-state index >= 15 is 0 Å². The van der Waals surface area contributed by atoms with Gasteiger partial charge in [-0.15, -0.1) is 0 Å². The zero-order chi connectivity index (χ0) is 25.7. The molecule has 0 aromatic carbocycles. The van der Waals surface area contributed by atoms with Crippen LogP contribution >= 0.6 is 11.8 Å². The van der Waals surface area contributed by atoms with Crippen LogP contribution in [0.15, 0.2) is 0 Å². The first-order valence-electron chi connectivity index (χ1n) is 10.9. The fraction of sp³-hybridized carbons (Fsp3) is 0.762. The van der Waals surface area contributed by atoms with E-state index in [1.165, 1.54) is 11.8 Å². The van der Waals surface area contributed by atoms with Gasteiger partial charge in [-0.2, -0.15) is 11.8 Å². The topological polar surface area (TPSA) is 188 Å². The van der Waals surface area contributed by atoms with Crippen LogP contribution in [0.5, 0.6) is 0 Å². The van der Waals surface area contributed by atoms with Crippen LogP contribution in [0.3, 0.4) is 0 Å². The molecule has 0 rings (SSSR count). The van der Waals surface area contributed by atoms with E-state index in [0.29, 0.717) is 5.75 Å². The van der Waals surface area contributed by atoms with Crippen molar-refractivity contribution in [1.29, 1.82) is 0 Å². The molecule has 0 aliphatic carbocycles. The second-order valence-corrected chi connectivity index (χ2v) is 9.63. The molecule has 4 atom stereocenters. The molecule has 0 heterocycles. The molecule has 0 radical (unpaired) electrons. The van der Waals surface area contributed by atoms with Crippen LogP contribution in [0.4, 0.5) is 0 Å². The first kappa shape index (κ1) is 30.7. The van der Waals surface area contributed by atoms with Crippen molar-refractivity contribution >= 4 is 41.4 Å². The summed E-state index contributed by atoms with van der Waals surface area (Å²) in [5.74, 6) is -3.91. The molecule has 190 valence electrons. The number of nitrogens with two attached hydrogens (primary N) is 1. The lowest BCUT2D eigenvalue weighted by Gasteiger charge is -2.27. The molecule has 0 saturated carbocycles. The van der Waals surface area contributed by atoms with E-state index in [0.717, 1.165) is 0 Å². The van der Waals surface area contributed by atoms with Crippen molar-refractivity contribution in [2.75, 3.05) is 12.0 Å².